The largest absolute Gasteiger partial charge is 0.397 e. The number of benzene rings is 1. The van der Waals surface area contributed by atoms with Gasteiger partial charge < -0.3 is 15.8 Å². The molecule has 0 saturated carbocycles. The van der Waals surface area contributed by atoms with Crippen LogP contribution in [0.5, 0.6) is 0 Å². The van der Waals surface area contributed by atoms with Gasteiger partial charge in [-0.1, -0.05) is 11.6 Å². The van der Waals surface area contributed by atoms with E-state index in [1.807, 2.05) is 6.92 Å². The molecule has 4 nitrogen and oxygen atoms in total. The minimum Gasteiger partial charge on any atom is -0.397 e. The van der Waals surface area contributed by atoms with Gasteiger partial charge in [0, 0.05) is 5.02 Å². The van der Waals surface area contributed by atoms with E-state index >= 15 is 0 Å². The number of nitrogens with one attached hydrogen (secondary N) is 1. The van der Waals surface area contributed by atoms with Gasteiger partial charge in [-0.05, 0) is 31.5 Å². The van der Waals surface area contributed by atoms with Gasteiger partial charge in [-0.2, -0.15) is 0 Å². The van der Waals surface area contributed by atoms with Crippen molar-refractivity contribution in [1.82, 2.24) is 0 Å². The van der Waals surface area contributed by atoms with E-state index in [1.54, 1.807) is 18.2 Å². The molecule has 1 aromatic rings. The van der Waals surface area contributed by atoms with Crippen LogP contribution in [0.3, 0.4) is 0 Å². The molecule has 2 atom stereocenters. The molecule has 2 unspecified atom stereocenters. The number of rotatable bonds is 2. The molecule has 92 valence electrons. The van der Waals surface area contributed by atoms with Crippen LogP contribution in [0.1, 0.15) is 13.3 Å². The molecule has 5 heteroatoms. The number of carbonyl (C=O) groups is 1. The Kier molecular flexibility index (Phi) is 3.54. The van der Waals surface area contributed by atoms with Gasteiger partial charge in [-0.3, -0.25) is 4.79 Å². The number of nitrogens with two attached hydrogens (primary N) is 1. The van der Waals surface area contributed by atoms with Gasteiger partial charge in [0.1, 0.15) is 0 Å². The van der Waals surface area contributed by atoms with Gasteiger partial charge in [0.2, 0.25) is 5.91 Å². The minimum absolute atomic E-state index is 0.0524. The maximum Gasteiger partial charge on any atom is 0.229 e. The van der Waals surface area contributed by atoms with E-state index in [0.717, 1.165) is 6.42 Å². The molecule has 17 heavy (non-hydrogen) atoms. The van der Waals surface area contributed by atoms with Gasteiger partial charge in [-0.25, -0.2) is 0 Å². The van der Waals surface area contributed by atoms with Crippen LogP contribution in [0, 0.1) is 5.92 Å². The zero-order chi connectivity index (χ0) is 12.4. The second-order valence-electron chi connectivity index (χ2n) is 4.30. The summed E-state index contributed by atoms with van der Waals surface area (Å²) in [5.41, 5.74) is 6.83. The fraction of sp³-hybridized carbons (Fsp3) is 0.417. The predicted octanol–water partition coefficient (Wildman–Crippen LogP) is 2.29. The second kappa shape index (κ2) is 4.94. The Morgan fingerprint density at radius 3 is 2.94 bits per heavy atom. The molecule has 1 amide bonds. The molecule has 1 heterocycles. The lowest BCUT2D eigenvalue weighted by Crippen LogP contribution is -2.23. The van der Waals surface area contributed by atoms with Crippen LogP contribution in [0.15, 0.2) is 18.2 Å². The van der Waals surface area contributed by atoms with Crippen molar-refractivity contribution in [2.75, 3.05) is 17.7 Å². The Labute approximate surface area is 105 Å². The van der Waals surface area contributed by atoms with E-state index in [0.29, 0.717) is 23.0 Å². The highest BCUT2D eigenvalue weighted by atomic mass is 35.5. The second-order valence-corrected chi connectivity index (χ2v) is 4.73. The lowest BCUT2D eigenvalue weighted by atomic mass is 10.1. The molecule has 1 fully saturated rings. The molecule has 1 aromatic carbocycles. The molecular formula is C12H15ClN2O2. The Morgan fingerprint density at radius 2 is 2.35 bits per heavy atom. The molecule has 2 rings (SSSR count). The summed E-state index contributed by atoms with van der Waals surface area (Å²) in [6.07, 6.45) is 0.896. The maximum atomic E-state index is 11.9. The Hall–Kier alpha value is -1.26. The van der Waals surface area contributed by atoms with Gasteiger partial charge >= 0.3 is 0 Å². The molecule has 0 aromatic heterocycles. The summed E-state index contributed by atoms with van der Waals surface area (Å²) in [5, 5.41) is 3.35. The van der Waals surface area contributed by atoms with Crippen LogP contribution in [0.2, 0.25) is 5.02 Å². The van der Waals surface area contributed by atoms with Gasteiger partial charge in [-0.15, -0.1) is 0 Å². The SMILES string of the molecule is CC1CC(C(=O)Nc2ccc(Cl)cc2N)CO1. The molecule has 0 spiro atoms. The minimum atomic E-state index is -0.0971. The number of hydrogen-bond donors (Lipinski definition) is 2. The molecule has 3 N–H and O–H groups in total. The Bertz CT molecular complexity index is 437. The Balaban J connectivity index is 2.03. The summed E-state index contributed by atoms with van der Waals surface area (Å²) < 4.78 is 5.36. The van der Waals surface area contributed by atoms with E-state index in [1.165, 1.54) is 0 Å². The standard InChI is InChI=1S/C12H15ClN2O2/c1-7-4-8(6-17-7)12(16)15-11-3-2-9(13)5-10(11)14/h2-3,5,7-8H,4,6,14H2,1H3,(H,15,16). The summed E-state index contributed by atoms with van der Waals surface area (Å²) in [5.74, 6) is -0.150. The molecule has 0 radical (unpaired) electrons. The quantitative estimate of drug-likeness (QED) is 0.796. The van der Waals surface area contributed by atoms with Crippen LogP contribution >= 0.6 is 11.6 Å². The van der Waals surface area contributed by atoms with E-state index in [9.17, 15) is 4.79 Å². The van der Waals surface area contributed by atoms with Crippen molar-refractivity contribution in [3.8, 4) is 0 Å². The topological polar surface area (TPSA) is 64.4 Å². The highest BCUT2D eigenvalue weighted by Crippen LogP contribution is 2.25. The highest BCUT2D eigenvalue weighted by Gasteiger charge is 2.28. The number of ether oxygens (including phenoxy) is 1. The lowest BCUT2D eigenvalue weighted by Gasteiger charge is -2.11. The van der Waals surface area contributed by atoms with Crippen molar-refractivity contribution in [2.24, 2.45) is 5.92 Å². The van der Waals surface area contributed by atoms with Crippen LogP contribution in [0.25, 0.3) is 0 Å². The maximum absolute atomic E-state index is 11.9. The summed E-state index contributed by atoms with van der Waals surface area (Å²) in [7, 11) is 0. The first-order valence-electron chi connectivity index (χ1n) is 5.53. The van der Waals surface area contributed by atoms with Crippen LogP contribution in [-0.4, -0.2) is 18.6 Å². The highest BCUT2D eigenvalue weighted by molar-refractivity contribution is 6.31. The van der Waals surface area contributed by atoms with E-state index < -0.39 is 0 Å². The van der Waals surface area contributed by atoms with E-state index in [4.69, 9.17) is 22.1 Å². The third kappa shape index (κ3) is 2.90. The van der Waals surface area contributed by atoms with Gasteiger partial charge in [0.05, 0.1) is 30.0 Å². The number of anilines is 2. The average molecular weight is 255 g/mol. The number of nitrogen functional groups attached to an aromatic ring is 1. The van der Waals surface area contributed by atoms with Crippen molar-refractivity contribution < 1.29 is 9.53 Å². The molecule has 1 saturated heterocycles. The summed E-state index contributed by atoms with van der Waals surface area (Å²) >= 11 is 5.79. The van der Waals surface area contributed by atoms with E-state index in [-0.39, 0.29) is 17.9 Å². The summed E-state index contributed by atoms with van der Waals surface area (Å²) in [4.78, 5) is 11.9. The fourth-order valence-electron chi connectivity index (χ4n) is 1.88. The summed E-state index contributed by atoms with van der Waals surface area (Å²) in [6.45, 7) is 2.43. The van der Waals surface area contributed by atoms with Gasteiger partial charge in [0.15, 0.2) is 0 Å². The third-order valence-corrected chi connectivity index (χ3v) is 3.08. The monoisotopic (exact) mass is 254 g/mol. The zero-order valence-corrected chi connectivity index (χ0v) is 10.3. The molecule has 1 aliphatic heterocycles. The number of amides is 1. The molecule has 0 bridgehead atoms. The van der Waals surface area contributed by atoms with Crippen LogP contribution in [-0.2, 0) is 9.53 Å². The van der Waals surface area contributed by atoms with Crippen molar-refractivity contribution in [3.05, 3.63) is 23.2 Å². The molecule has 0 aliphatic carbocycles. The number of carbonyl (C=O) groups excluding carboxylic acids is 1. The van der Waals surface area contributed by atoms with Crippen molar-refractivity contribution in [3.63, 3.8) is 0 Å². The first kappa shape index (κ1) is 12.2. The lowest BCUT2D eigenvalue weighted by molar-refractivity contribution is -0.119. The first-order chi connectivity index (χ1) is 8.06. The average Bonchev–Trinajstić information content (AvgIpc) is 2.69. The first-order valence-corrected chi connectivity index (χ1v) is 5.91. The number of hydrogen-bond acceptors (Lipinski definition) is 3. The third-order valence-electron chi connectivity index (χ3n) is 2.84. The van der Waals surface area contributed by atoms with Crippen LogP contribution in [0.4, 0.5) is 11.4 Å². The smallest absolute Gasteiger partial charge is 0.229 e. The van der Waals surface area contributed by atoms with E-state index in [2.05, 4.69) is 5.32 Å². The predicted molar refractivity (Wildman–Crippen MR) is 68.0 cm³/mol. The molecule has 1 aliphatic rings. The summed E-state index contributed by atoms with van der Waals surface area (Å²) in [6, 6.07) is 5.01. The zero-order valence-electron chi connectivity index (χ0n) is 9.57. The fourth-order valence-corrected chi connectivity index (χ4v) is 2.06. The van der Waals surface area contributed by atoms with Crippen LogP contribution < -0.4 is 11.1 Å². The van der Waals surface area contributed by atoms with Crippen molar-refractivity contribution >= 4 is 28.9 Å². The molecular weight excluding hydrogens is 240 g/mol. The normalized spacial score (nSPS) is 23.6. The van der Waals surface area contributed by atoms with Crippen molar-refractivity contribution in [2.45, 2.75) is 19.4 Å². The van der Waals surface area contributed by atoms with Crippen molar-refractivity contribution in [1.29, 1.82) is 0 Å². The number of halogens is 1. The Morgan fingerprint density at radius 1 is 1.59 bits per heavy atom. The van der Waals surface area contributed by atoms with Gasteiger partial charge in [0.25, 0.3) is 0 Å².